The van der Waals surface area contributed by atoms with Crippen molar-refractivity contribution in [3.63, 3.8) is 0 Å². The van der Waals surface area contributed by atoms with E-state index in [0.29, 0.717) is 48.0 Å². The van der Waals surface area contributed by atoms with Gasteiger partial charge >= 0.3 is 5.69 Å². The number of aromatic nitrogens is 4. The van der Waals surface area contributed by atoms with Gasteiger partial charge in [-0.25, -0.2) is 18.7 Å². The fraction of sp³-hybridized carbons (Fsp3) is 0.310. The Kier molecular flexibility index (Phi) is 8.60. The topological polar surface area (TPSA) is 110 Å². The van der Waals surface area contributed by atoms with E-state index in [-0.39, 0.29) is 17.5 Å². The van der Waals surface area contributed by atoms with Gasteiger partial charge in [-0.2, -0.15) is 4.98 Å². The molecule has 0 spiro atoms. The predicted octanol–water partition coefficient (Wildman–Crippen LogP) is 0.423. The van der Waals surface area contributed by atoms with Crippen molar-refractivity contribution >= 4 is 63.5 Å². The Morgan fingerprint density at radius 1 is 1.18 bits per heavy atom. The summed E-state index contributed by atoms with van der Waals surface area (Å²) in [6, 6.07) is 8.11. The molecule has 44 heavy (non-hydrogen) atoms. The van der Waals surface area contributed by atoms with Crippen molar-refractivity contribution in [1.29, 1.82) is 0 Å². The molecule has 0 fully saturated rings. The van der Waals surface area contributed by atoms with Crippen molar-refractivity contribution in [3.8, 4) is 11.6 Å². The lowest BCUT2D eigenvalue weighted by molar-refractivity contribution is -0.111. The Morgan fingerprint density at radius 3 is 2.66 bits per heavy atom. The highest BCUT2D eigenvalue weighted by Gasteiger charge is 2.24. The zero-order chi connectivity index (χ0) is 31.8. The maximum Gasteiger partial charge on any atom is 0.334 e. The summed E-state index contributed by atoms with van der Waals surface area (Å²) in [5.74, 6) is 0.242. The van der Waals surface area contributed by atoms with E-state index in [1.54, 1.807) is 16.7 Å². The van der Waals surface area contributed by atoms with Gasteiger partial charge in [-0.15, -0.1) is 0 Å². The second-order valence-electron chi connectivity index (χ2n) is 12.2. The number of nitrogens with one attached hydrogen (secondary N) is 2. The SMILES string of the molecule is BC(B)(B)Oc1cc(N(C)CCN(C)C)c(NC(=O)C=C)cc1Nc1nccc(-n2c(=O)n3c4c(cc(F)cc42)CCC3)n1. The van der Waals surface area contributed by atoms with Crippen molar-refractivity contribution in [2.24, 2.45) is 0 Å². The van der Waals surface area contributed by atoms with Gasteiger partial charge in [-0.05, 0) is 50.7 Å². The van der Waals surface area contributed by atoms with Gasteiger partial charge in [0.15, 0.2) is 0 Å². The molecule has 226 valence electrons. The van der Waals surface area contributed by atoms with Crippen molar-refractivity contribution in [2.75, 3.05) is 49.8 Å². The Labute approximate surface area is 258 Å². The second kappa shape index (κ2) is 12.2. The zero-order valence-electron chi connectivity index (χ0n) is 26.1. The van der Waals surface area contributed by atoms with Crippen LogP contribution in [0.4, 0.5) is 27.4 Å². The lowest BCUT2D eigenvalue weighted by atomic mass is 9.52. The number of amides is 1. The lowest BCUT2D eigenvalue weighted by Crippen LogP contribution is -2.38. The molecule has 3 heterocycles. The van der Waals surface area contributed by atoms with Crippen LogP contribution < -0.4 is 26.0 Å². The minimum Gasteiger partial charge on any atom is -0.511 e. The first-order chi connectivity index (χ1) is 20.8. The number of hydrogen-bond acceptors (Lipinski definition) is 8. The van der Waals surface area contributed by atoms with Crippen LogP contribution in [-0.2, 0) is 17.8 Å². The number of imidazole rings is 1. The van der Waals surface area contributed by atoms with Crippen LogP contribution in [0.3, 0.4) is 0 Å². The van der Waals surface area contributed by atoms with E-state index in [1.807, 2.05) is 55.6 Å². The van der Waals surface area contributed by atoms with Crippen LogP contribution >= 0.6 is 0 Å². The van der Waals surface area contributed by atoms with Crippen LogP contribution in [-0.4, -0.2) is 93.0 Å². The van der Waals surface area contributed by atoms with Gasteiger partial charge < -0.3 is 25.2 Å². The zero-order valence-corrected chi connectivity index (χ0v) is 26.1. The molecular weight excluding hydrogens is 560 g/mol. The van der Waals surface area contributed by atoms with Crippen molar-refractivity contribution in [3.05, 3.63) is 71.0 Å². The molecule has 0 unspecified atom stereocenters. The quantitative estimate of drug-likeness (QED) is 0.190. The molecule has 2 aromatic carbocycles. The molecule has 4 aromatic rings. The maximum absolute atomic E-state index is 14.6. The van der Waals surface area contributed by atoms with Crippen molar-refractivity contribution in [1.82, 2.24) is 24.0 Å². The standard InChI is InChI=1S/C29H36B3FN8O3/c1-5-25(42)35-19-15-20(23(44-29(30,31)32)16-21(19)39(4)12-11-38(2)3)36-27-34-9-8-24(37-27)41-22-14-18(33)13-17-7-6-10-40(26(17)22)28(41)43/h5,8-9,13-16H,1,6-7,10-12,30-32H2,2-4H3,(H,35,42)(H,34,36,37). The summed E-state index contributed by atoms with van der Waals surface area (Å²) in [5.41, 5.74) is 3.51. The van der Waals surface area contributed by atoms with Gasteiger partial charge in [0, 0.05) is 56.4 Å². The third-order valence-electron chi connectivity index (χ3n) is 7.26. The molecule has 15 heteroatoms. The third-order valence-corrected chi connectivity index (χ3v) is 7.26. The first kappa shape index (κ1) is 30.9. The summed E-state index contributed by atoms with van der Waals surface area (Å²) in [6.07, 6.45) is 4.21. The largest absolute Gasteiger partial charge is 0.511 e. The number of hydrogen-bond donors (Lipinski definition) is 2. The molecule has 1 aliphatic rings. The highest BCUT2D eigenvalue weighted by atomic mass is 19.1. The van der Waals surface area contributed by atoms with E-state index in [4.69, 9.17) is 4.74 Å². The average molecular weight is 596 g/mol. The van der Waals surface area contributed by atoms with E-state index >= 15 is 0 Å². The van der Waals surface area contributed by atoms with E-state index in [2.05, 4.69) is 32.1 Å². The summed E-state index contributed by atoms with van der Waals surface area (Å²) < 4.78 is 24.1. The summed E-state index contributed by atoms with van der Waals surface area (Å²) >= 11 is 0. The summed E-state index contributed by atoms with van der Waals surface area (Å²) in [5, 5.41) is 5.58. The highest BCUT2D eigenvalue weighted by molar-refractivity contribution is 6.58. The molecule has 0 saturated carbocycles. The Balaban J connectivity index is 1.59. The lowest BCUT2D eigenvalue weighted by Gasteiger charge is -2.29. The Hall–Kier alpha value is -4.52. The van der Waals surface area contributed by atoms with Crippen LogP contribution in [0.15, 0.2) is 54.0 Å². The fourth-order valence-electron chi connectivity index (χ4n) is 5.29. The molecule has 1 amide bonds. The molecule has 2 aromatic heterocycles. The maximum atomic E-state index is 14.6. The number of benzene rings is 2. The number of carbonyl (C=O) groups excluding carboxylic acids is 1. The van der Waals surface area contributed by atoms with Crippen LogP contribution in [0.5, 0.6) is 5.75 Å². The number of nitrogens with zero attached hydrogens (tertiary/aromatic N) is 6. The van der Waals surface area contributed by atoms with Crippen LogP contribution in [0.25, 0.3) is 16.9 Å². The number of ether oxygens (including phenoxy) is 1. The fourth-order valence-corrected chi connectivity index (χ4v) is 5.29. The number of aryl methyl sites for hydroxylation is 2. The minimum atomic E-state index is -0.548. The Morgan fingerprint density at radius 2 is 1.95 bits per heavy atom. The number of rotatable bonds is 11. The second-order valence-corrected chi connectivity index (χ2v) is 12.2. The summed E-state index contributed by atoms with van der Waals surface area (Å²) in [6.45, 7) is 5.64. The molecule has 2 N–H and O–H groups in total. The predicted molar refractivity (Wildman–Crippen MR) is 181 cm³/mol. The van der Waals surface area contributed by atoms with E-state index < -0.39 is 11.1 Å². The van der Waals surface area contributed by atoms with Gasteiger partial charge in [0.05, 0.1) is 28.1 Å². The molecule has 11 nitrogen and oxygen atoms in total. The van der Waals surface area contributed by atoms with Gasteiger partial charge in [-0.3, -0.25) is 9.36 Å². The Bertz CT molecular complexity index is 1800. The molecule has 0 atom stereocenters. The van der Waals surface area contributed by atoms with Gasteiger partial charge in [0.25, 0.3) is 0 Å². The van der Waals surface area contributed by atoms with E-state index in [0.717, 1.165) is 29.7 Å². The molecule has 0 radical (unpaired) electrons. The van der Waals surface area contributed by atoms with Crippen molar-refractivity contribution in [2.45, 2.75) is 24.7 Å². The normalized spacial score (nSPS) is 12.8. The highest BCUT2D eigenvalue weighted by Crippen LogP contribution is 2.39. The van der Waals surface area contributed by atoms with E-state index in [1.165, 1.54) is 29.0 Å². The molecular formula is C29H36B3FN8O3. The first-order valence-corrected chi connectivity index (χ1v) is 14.5. The summed E-state index contributed by atoms with van der Waals surface area (Å²) in [7, 11) is 11.8. The number of halogens is 1. The van der Waals surface area contributed by atoms with Gasteiger partial charge in [0.1, 0.15) is 40.9 Å². The number of likely N-dealkylation sites (N-methyl/N-ethyl adjacent to an activating group) is 2. The van der Waals surface area contributed by atoms with Crippen LogP contribution in [0.1, 0.15) is 12.0 Å². The van der Waals surface area contributed by atoms with Crippen molar-refractivity contribution < 1.29 is 13.9 Å². The minimum absolute atomic E-state index is 0.190. The number of carbonyl (C=O) groups is 1. The van der Waals surface area contributed by atoms with Gasteiger partial charge in [0.2, 0.25) is 11.9 Å². The monoisotopic (exact) mass is 596 g/mol. The first-order valence-electron chi connectivity index (χ1n) is 14.5. The smallest absolute Gasteiger partial charge is 0.334 e. The average Bonchev–Trinajstić information content (AvgIpc) is 3.24. The van der Waals surface area contributed by atoms with Crippen LogP contribution in [0, 0.1) is 5.82 Å². The van der Waals surface area contributed by atoms with E-state index in [9.17, 15) is 14.0 Å². The molecule has 0 aliphatic carbocycles. The third kappa shape index (κ3) is 6.52. The molecule has 5 rings (SSSR count). The number of anilines is 4. The molecule has 1 aliphatic heterocycles. The summed E-state index contributed by atoms with van der Waals surface area (Å²) in [4.78, 5) is 39.1. The van der Waals surface area contributed by atoms with Crippen LogP contribution in [0.2, 0.25) is 0 Å². The molecule has 0 bridgehead atoms. The van der Waals surface area contributed by atoms with Gasteiger partial charge in [-0.1, -0.05) is 6.58 Å². The molecule has 0 saturated heterocycles.